The summed E-state index contributed by atoms with van der Waals surface area (Å²) < 4.78 is 0. The van der Waals surface area contributed by atoms with Gasteiger partial charge in [-0.05, 0) is 36.5 Å². The Morgan fingerprint density at radius 2 is 2.00 bits per heavy atom. The van der Waals surface area contributed by atoms with Crippen molar-refractivity contribution in [2.24, 2.45) is 11.8 Å². The van der Waals surface area contributed by atoms with Crippen molar-refractivity contribution in [3.63, 3.8) is 0 Å². The molecule has 0 spiro atoms. The fraction of sp³-hybridized carbons (Fsp3) is 0.571. The average Bonchev–Trinajstić information content (AvgIpc) is 2.87. The second-order valence-corrected chi connectivity index (χ2v) is 6.33. The number of hydrogen-bond donors (Lipinski definition) is 1. The van der Waals surface area contributed by atoms with Gasteiger partial charge in [0.05, 0.1) is 16.1 Å². The maximum atomic E-state index is 9.90. The predicted octanol–water partition coefficient (Wildman–Crippen LogP) is 3.20. The van der Waals surface area contributed by atoms with E-state index in [2.05, 4.69) is 4.90 Å². The highest BCUT2D eigenvalue weighted by Crippen LogP contribution is 2.38. The second kappa shape index (κ2) is 5.01. The number of nitrogens with zero attached hydrogens (tertiary/aromatic N) is 1. The van der Waals surface area contributed by atoms with Gasteiger partial charge in [-0.25, -0.2) is 0 Å². The first-order valence-corrected chi connectivity index (χ1v) is 7.23. The zero-order chi connectivity index (χ0) is 12.7. The van der Waals surface area contributed by atoms with E-state index in [1.54, 1.807) is 0 Å². The van der Waals surface area contributed by atoms with Crippen LogP contribution >= 0.6 is 23.2 Å². The summed E-state index contributed by atoms with van der Waals surface area (Å²) in [6.07, 6.45) is 2.06. The summed E-state index contributed by atoms with van der Waals surface area (Å²) in [5, 5.41) is 11.1. The zero-order valence-electron chi connectivity index (χ0n) is 10.1. The molecule has 1 aromatic carbocycles. The number of likely N-dealkylation sites (tertiary alicyclic amines) is 1. The maximum absolute atomic E-state index is 9.90. The Balaban J connectivity index is 1.66. The highest BCUT2D eigenvalue weighted by Gasteiger charge is 2.41. The molecule has 1 aliphatic carbocycles. The normalized spacial score (nSPS) is 31.8. The molecule has 1 saturated heterocycles. The van der Waals surface area contributed by atoms with Gasteiger partial charge in [0.1, 0.15) is 0 Å². The minimum Gasteiger partial charge on any atom is -0.393 e. The van der Waals surface area contributed by atoms with Crippen LogP contribution in [0.15, 0.2) is 18.2 Å². The molecule has 3 unspecified atom stereocenters. The third-order valence-electron chi connectivity index (χ3n) is 4.28. The van der Waals surface area contributed by atoms with Crippen molar-refractivity contribution in [3.8, 4) is 0 Å². The molecular weight excluding hydrogens is 269 g/mol. The van der Waals surface area contributed by atoms with Gasteiger partial charge in [0.25, 0.3) is 0 Å². The molecule has 3 atom stereocenters. The summed E-state index contributed by atoms with van der Waals surface area (Å²) in [6.45, 7) is 3.00. The van der Waals surface area contributed by atoms with Crippen molar-refractivity contribution in [1.29, 1.82) is 0 Å². The van der Waals surface area contributed by atoms with E-state index in [0.717, 1.165) is 26.1 Å². The Morgan fingerprint density at radius 3 is 2.72 bits per heavy atom. The standard InChI is InChI=1S/C14H17Cl2NO/c15-12-3-1-9(5-13(12)16)6-17-7-10-2-4-14(18)11(10)8-17/h1,3,5,10-11,14,18H,2,4,6-8H2. The third-order valence-corrected chi connectivity index (χ3v) is 5.02. The van der Waals surface area contributed by atoms with Crippen molar-refractivity contribution in [2.45, 2.75) is 25.5 Å². The zero-order valence-corrected chi connectivity index (χ0v) is 11.7. The van der Waals surface area contributed by atoms with Crippen LogP contribution < -0.4 is 0 Å². The number of hydrogen-bond acceptors (Lipinski definition) is 2. The van der Waals surface area contributed by atoms with E-state index in [0.29, 0.717) is 21.9 Å². The largest absolute Gasteiger partial charge is 0.393 e. The van der Waals surface area contributed by atoms with Crippen molar-refractivity contribution >= 4 is 23.2 Å². The second-order valence-electron chi connectivity index (χ2n) is 5.51. The Morgan fingerprint density at radius 1 is 1.17 bits per heavy atom. The molecule has 18 heavy (non-hydrogen) atoms. The van der Waals surface area contributed by atoms with Gasteiger partial charge in [-0.3, -0.25) is 4.90 Å². The van der Waals surface area contributed by atoms with Gasteiger partial charge in [-0.15, -0.1) is 0 Å². The average molecular weight is 286 g/mol. The van der Waals surface area contributed by atoms with Gasteiger partial charge in [0.15, 0.2) is 0 Å². The van der Waals surface area contributed by atoms with Gasteiger partial charge in [0.2, 0.25) is 0 Å². The number of rotatable bonds is 2. The van der Waals surface area contributed by atoms with Crippen LogP contribution in [0.5, 0.6) is 0 Å². The third kappa shape index (κ3) is 2.39. The summed E-state index contributed by atoms with van der Waals surface area (Å²) >= 11 is 11.9. The summed E-state index contributed by atoms with van der Waals surface area (Å²) in [7, 11) is 0. The lowest BCUT2D eigenvalue weighted by molar-refractivity contribution is 0.123. The monoisotopic (exact) mass is 285 g/mol. The van der Waals surface area contributed by atoms with Gasteiger partial charge in [-0.2, -0.15) is 0 Å². The van der Waals surface area contributed by atoms with Crippen molar-refractivity contribution < 1.29 is 5.11 Å². The topological polar surface area (TPSA) is 23.5 Å². The van der Waals surface area contributed by atoms with Gasteiger partial charge >= 0.3 is 0 Å². The van der Waals surface area contributed by atoms with E-state index in [-0.39, 0.29) is 6.10 Å². The van der Waals surface area contributed by atoms with E-state index in [1.807, 2.05) is 18.2 Å². The van der Waals surface area contributed by atoms with E-state index < -0.39 is 0 Å². The predicted molar refractivity (Wildman–Crippen MR) is 74.0 cm³/mol. The lowest BCUT2D eigenvalue weighted by atomic mass is 10.00. The van der Waals surface area contributed by atoms with Gasteiger partial charge in [-0.1, -0.05) is 29.3 Å². The lowest BCUT2D eigenvalue weighted by Gasteiger charge is -2.18. The van der Waals surface area contributed by atoms with Crippen LogP contribution in [-0.4, -0.2) is 29.2 Å². The summed E-state index contributed by atoms with van der Waals surface area (Å²) in [5.41, 5.74) is 1.19. The highest BCUT2D eigenvalue weighted by atomic mass is 35.5. The Labute approximate surface area is 117 Å². The van der Waals surface area contributed by atoms with Crippen LogP contribution in [0.3, 0.4) is 0 Å². The molecule has 98 valence electrons. The molecule has 0 amide bonds. The summed E-state index contributed by atoms with van der Waals surface area (Å²) in [5.74, 6) is 1.16. The number of halogens is 2. The molecule has 0 radical (unpaired) electrons. The Hall–Kier alpha value is -0.280. The molecule has 1 heterocycles. The van der Waals surface area contributed by atoms with E-state index in [4.69, 9.17) is 23.2 Å². The van der Waals surface area contributed by atoms with Crippen molar-refractivity contribution in [1.82, 2.24) is 4.90 Å². The molecule has 3 rings (SSSR count). The van der Waals surface area contributed by atoms with Gasteiger partial charge in [0, 0.05) is 25.6 Å². The SMILES string of the molecule is OC1CCC2CN(Cc3ccc(Cl)c(Cl)c3)CC12. The molecule has 4 heteroatoms. The van der Waals surface area contributed by atoms with Crippen LogP contribution in [0.1, 0.15) is 18.4 Å². The first-order chi connectivity index (χ1) is 8.63. The van der Waals surface area contributed by atoms with E-state index >= 15 is 0 Å². The number of aliphatic hydroxyl groups excluding tert-OH is 1. The molecule has 1 N–H and O–H groups in total. The molecule has 1 aliphatic heterocycles. The molecule has 2 fully saturated rings. The smallest absolute Gasteiger partial charge is 0.0595 e. The molecule has 2 nitrogen and oxygen atoms in total. The molecular formula is C14H17Cl2NO. The molecule has 2 aliphatic rings. The van der Waals surface area contributed by atoms with Crippen molar-refractivity contribution in [2.75, 3.05) is 13.1 Å². The fourth-order valence-corrected chi connectivity index (χ4v) is 3.67. The van der Waals surface area contributed by atoms with Crippen LogP contribution in [-0.2, 0) is 6.54 Å². The maximum Gasteiger partial charge on any atom is 0.0595 e. The minimum absolute atomic E-state index is 0.0891. The highest BCUT2D eigenvalue weighted by molar-refractivity contribution is 6.42. The minimum atomic E-state index is -0.0891. The number of aliphatic hydroxyl groups is 1. The van der Waals surface area contributed by atoms with Crippen molar-refractivity contribution in [3.05, 3.63) is 33.8 Å². The van der Waals surface area contributed by atoms with Crippen LogP contribution in [0, 0.1) is 11.8 Å². The van der Waals surface area contributed by atoms with E-state index in [9.17, 15) is 5.11 Å². The first kappa shape index (κ1) is 12.7. The van der Waals surface area contributed by atoms with E-state index in [1.165, 1.54) is 12.0 Å². The Kier molecular flexibility index (Phi) is 3.55. The fourth-order valence-electron chi connectivity index (χ4n) is 3.35. The summed E-state index contributed by atoms with van der Waals surface area (Å²) in [6, 6.07) is 5.82. The van der Waals surface area contributed by atoms with Gasteiger partial charge < -0.3 is 5.11 Å². The van der Waals surface area contributed by atoms with Crippen LogP contribution in [0.4, 0.5) is 0 Å². The van der Waals surface area contributed by atoms with Crippen LogP contribution in [0.2, 0.25) is 10.0 Å². The summed E-state index contributed by atoms with van der Waals surface area (Å²) in [4.78, 5) is 2.41. The number of benzene rings is 1. The quantitative estimate of drug-likeness (QED) is 0.902. The lowest BCUT2D eigenvalue weighted by Crippen LogP contribution is -2.24. The molecule has 1 saturated carbocycles. The molecule has 1 aromatic rings. The molecule has 0 aromatic heterocycles. The molecule has 0 bridgehead atoms. The first-order valence-electron chi connectivity index (χ1n) is 6.48. The van der Waals surface area contributed by atoms with Crippen LogP contribution in [0.25, 0.3) is 0 Å². The Bertz CT molecular complexity index is 451. The number of fused-ring (bicyclic) bond motifs is 1.